The van der Waals surface area contributed by atoms with Crippen LogP contribution in [0.5, 0.6) is 0 Å². The molecule has 4 heteroatoms. The molecule has 0 bridgehead atoms. The van der Waals surface area contributed by atoms with E-state index in [1.165, 1.54) is 12.1 Å². The normalized spacial score (nSPS) is 13.7. The fourth-order valence-corrected chi connectivity index (χ4v) is 1.02. The number of rotatable bonds is 2. The van der Waals surface area contributed by atoms with Gasteiger partial charge in [0.05, 0.1) is 12.5 Å². The molecular weight excluding hydrogens is 214 g/mol. The lowest BCUT2D eigenvalue weighted by Crippen LogP contribution is -2.04. The molecule has 0 radical (unpaired) electrons. The molecule has 0 aliphatic heterocycles. The van der Waals surface area contributed by atoms with Gasteiger partial charge < -0.3 is 4.74 Å². The molecule has 0 atom stereocenters. The molecule has 1 fully saturated rings. The predicted molar refractivity (Wildman–Crippen MR) is 55.7 cm³/mol. The first-order valence-electron chi connectivity index (χ1n) is 5.21. The van der Waals surface area contributed by atoms with Gasteiger partial charge in [-0.15, -0.1) is 0 Å². The van der Waals surface area contributed by atoms with Crippen LogP contribution in [0.15, 0.2) is 24.3 Å². The van der Waals surface area contributed by atoms with Crippen molar-refractivity contribution < 1.29 is 18.3 Å². The molecule has 0 amide bonds. The van der Waals surface area contributed by atoms with Gasteiger partial charge in [-0.25, -0.2) is 8.78 Å². The summed E-state index contributed by atoms with van der Waals surface area (Å²) in [6.07, 6.45) is 2.08. The summed E-state index contributed by atoms with van der Waals surface area (Å²) in [7, 11) is 0. The average Bonchev–Trinajstić information content (AvgIpc) is 3.07. The van der Waals surface area contributed by atoms with Gasteiger partial charge >= 0.3 is 5.97 Å². The number of hydrogen-bond donors (Lipinski definition) is 0. The summed E-state index contributed by atoms with van der Waals surface area (Å²) in [4.78, 5) is 10.6. The lowest BCUT2D eigenvalue weighted by atomic mass is 10.3. The summed E-state index contributed by atoms with van der Waals surface area (Å²) >= 11 is 0. The van der Waals surface area contributed by atoms with Crippen molar-refractivity contribution in [2.24, 2.45) is 5.92 Å². The maximum Gasteiger partial charge on any atom is 0.308 e. The van der Waals surface area contributed by atoms with Crippen LogP contribution in [0, 0.1) is 17.6 Å². The van der Waals surface area contributed by atoms with Crippen molar-refractivity contribution in [3.05, 3.63) is 35.9 Å². The molecule has 0 aromatic heterocycles. The molecule has 2 rings (SSSR count). The summed E-state index contributed by atoms with van der Waals surface area (Å²) in [5.74, 6) is -1.34. The Balaban J connectivity index is 0.000000160. The molecule has 0 spiro atoms. The van der Waals surface area contributed by atoms with Crippen LogP contribution in [-0.4, -0.2) is 12.6 Å². The number of halogens is 2. The third kappa shape index (κ3) is 4.38. The van der Waals surface area contributed by atoms with Crippen LogP contribution in [0.3, 0.4) is 0 Å². The average molecular weight is 228 g/mol. The Bertz CT molecular complexity index is 328. The van der Waals surface area contributed by atoms with Crippen molar-refractivity contribution in [3.63, 3.8) is 0 Å². The van der Waals surface area contributed by atoms with Crippen LogP contribution < -0.4 is 0 Å². The van der Waals surface area contributed by atoms with Crippen molar-refractivity contribution in [2.45, 2.75) is 19.8 Å². The smallest absolute Gasteiger partial charge is 0.308 e. The predicted octanol–water partition coefficient (Wildman–Crippen LogP) is 2.92. The summed E-state index contributed by atoms with van der Waals surface area (Å²) in [5, 5.41) is 0. The van der Waals surface area contributed by atoms with Gasteiger partial charge in [0, 0.05) is 0 Å². The minimum atomic E-state index is -0.799. The second-order valence-electron chi connectivity index (χ2n) is 3.44. The molecule has 88 valence electrons. The highest BCUT2D eigenvalue weighted by molar-refractivity contribution is 5.74. The second kappa shape index (κ2) is 6.20. The van der Waals surface area contributed by atoms with E-state index in [4.69, 9.17) is 4.74 Å². The SMILES string of the molecule is CCOC(=O)C1CC1.Fc1ccccc1F. The summed E-state index contributed by atoms with van der Waals surface area (Å²) in [6, 6.07) is 5.04. The molecular formula is C12H14F2O2. The van der Waals surface area contributed by atoms with Crippen molar-refractivity contribution in [1.29, 1.82) is 0 Å². The molecule has 0 heterocycles. The van der Waals surface area contributed by atoms with Gasteiger partial charge in [0.15, 0.2) is 11.6 Å². The highest BCUT2D eigenvalue weighted by atomic mass is 19.2. The van der Waals surface area contributed by atoms with E-state index in [-0.39, 0.29) is 11.9 Å². The van der Waals surface area contributed by atoms with Crippen LogP contribution in [0.4, 0.5) is 8.78 Å². The van der Waals surface area contributed by atoms with E-state index in [1.54, 1.807) is 0 Å². The molecule has 1 saturated carbocycles. The molecule has 0 saturated heterocycles. The number of esters is 1. The fourth-order valence-electron chi connectivity index (χ4n) is 1.02. The van der Waals surface area contributed by atoms with E-state index in [2.05, 4.69) is 0 Å². The molecule has 1 aliphatic rings. The first-order valence-corrected chi connectivity index (χ1v) is 5.21. The van der Waals surface area contributed by atoms with Gasteiger partial charge in [-0.1, -0.05) is 12.1 Å². The van der Waals surface area contributed by atoms with Gasteiger partial charge in [0.2, 0.25) is 0 Å². The molecule has 0 unspecified atom stereocenters. The Morgan fingerprint density at radius 2 is 1.81 bits per heavy atom. The third-order valence-electron chi connectivity index (χ3n) is 2.02. The summed E-state index contributed by atoms with van der Waals surface area (Å²) in [5.41, 5.74) is 0. The molecule has 2 nitrogen and oxygen atoms in total. The minimum Gasteiger partial charge on any atom is -0.466 e. The van der Waals surface area contributed by atoms with E-state index in [0.717, 1.165) is 25.0 Å². The number of carbonyl (C=O) groups excluding carboxylic acids is 1. The van der Waals surface area contributed by atoms with Crippen molar-refractivity contribution >= 4 is 5.97 Å². The largest absolute Gasteiger partial charge is 0.466 e. The number of carbonyl (C=O) groups is 1. The van der Waals surface area contributed by atoms with Gasteiger partial charge in [-0.2, -0.15) is 0 Å². The van der Waals surface area contributed by atoms with Crippen molar-refractivity contribution in [1.82, 2.24) is 0 Å². The number of benzene rings is 1. The maximum absolute atomic E-state index is 11.9. The Morgan fingerprint density at radius 1 is 1.31 bits per heavy atom. The Morgan fingerprint density at radius 3 is 2.12 bits per heavy atom. The van der Waals surface area contributed by atoms with E-state index in [9.17, 15) is 13.6 Å². The molecule has 1 aliphatic carbocycles. The lowest BCUT2D eigenvalue weighted by molar-refractivity contribution is -0.144. The standard InChI is InChI=1S/C6H4F2.C6H10O2/c7-5-3-1-2-4-6(5)8;1-2-8-6(7)5-3-4-5/h1-4H;5H,2-4H2,1H3. The monoisotopic (exact) mass is 228 g/mol. The lowest BCUT2D eigenvalue weighted by Gasteiger charge is -1.95. The van der Waals surface area contributed by atoms with Crippen molar-refractivity contribution in [2.75, 3.05) is 6.61 Å². The topological polar surface area (TPSA) is 26.3 Å². The van der Waals surface area contributed by atoms with Gasteiger partial charge in [0.25, 0.3) is 0 Å². The van der Waals surface area contributed by atoms with E-state index < -0.39 is 11.6 Å². The van der Waals surface area contributed by atoms with Gasteiger partial charge in [-0.05, 0) is 31.9 Å². The Hall–Kier alpha value is -1.45. The van der Waals surface area contributed by atoms with Crippen LogP contribution >= 0.6 is 0 Å². The Labute approximate surface area is 93.2 Å². The molecule has 1 aromatic carbocycles. The number of ether oxygens (including phenoxy) is 1. The van der Waals surface area contributed by atoms with Gasteiger partial charge in [0.1, 0.15) is 0 Å². The Kier molecular flexibility index (Phi) is 4.89. The molecule has 16 heavy (non-hydrogen) atoms. The van der Waals surface area contributed by atoms with Gasteiger partial charge in [-0.3, -0.25) is 4.79 Å². The zero-order valence-electron chi connectivity index (χ0n) is 9.08. The minimum absolute atomic E-state index is 0.00694. The number of hydrogen-bond acceptors (Lipinski definition) is 2. The zero-order chi connectivity index (χ0) is 12.0. The maximum atomic E-state index is 11.9. The second-order valence-corrected chi connectivity index (χ2v) is 3.44. The van der Waals surface area contributed by atoms with E-state index in [1.807, 2.05) is 6.92 Å². The fraction of sp³-hybridized carbons (Fsp3) is 0.417. The molecule has 0 N–H and O–H groups in total. The van der Waals surface area contributed by atoms with E-state index in [0.29, 0.717) is 6.61 Å². The summed E-state index contributed by atoms with van der Waals surface area (Å²) < 4.78 is 28.6. The summed E-state index contributed by atoms with van der Waals surface area (Å²) in [6.45, 7) is 2.36. The van der Waals surface area contributed by atoms with Crippen LogP contribution in [-0.2, 0) is 9.53 Å². The molecule has 1 aromatic rings. The quantitative estimate of drug-likeness (QED) is 0.727. The zero-order valence-corrected chi connectivity index (χ0v) is 9.08. The third-order valence-corrected chi connectivity index (χ3v) is 2.02. The van der Waals surface area contributed by atoms with Crippen LogP contribution in [0.2, 0.25) is 0 Å². The van der Waals surface area contributed by atoms with Crippen LogP contribution in [0.1, 0.15) is 19.8 Å². The van der Waals surface area contributed by atoms with Crippen molar-refractivity contribution in [3.8, 4) is 0 Å². The first kappa shape index (κ1) is 12.6. The highest BCUT2D eigenvalue weighted by Gasteiger charge is 2.30. The van der Waals surface area contributed by atoms with E-state index >= 15 is 0 Å². The first-order chi connectivity index (χ1) is 7.65. The van der Waals surface area contributed by atoms with Crippen LogP contribution in [0.25, 0.3) is 0 Å². The highest BCUT2D eigenvalue weighted by Crippen LogP contribution is 2.29.